The van der Waals surface area contributed by atoms with Crippen LogP contribution in [-0.4, -0.2) is 27.3 Å². The van der Waals surface area contributed by atoms with E-state index in [4.69, 9.17) is 5.11 Å². The number of H-pyrrole nitrogens is 1. The van der Waals surface area contributed by atoms with E-state index in [1.165, 1.54) is 12.1 Å². The van der Waals surface area contributed by atoms with Crippen molar-refractivity contribution < 1.29 is 14.7 Å². The average molecular weight is 288 g/mol. The first-order chi connectivity index (χ1) is 10.1. The summed E-state index contributed by atoms with van der Waals surface area (Å²) < 4.78 is 0. The Morgan fingerprint density at radius 3 is 2.90 bits per heavy atom. The first-order valence-electron chi connectivity index (χ1n) is 6.41. The second-order valence-corrected chi connectivity index (χ2v) is 4.59. The molecule has 0 saturated heterocycles. The molecule has 1 atom stereocenters. The summed E-state index contributed by atoms with van der Waals surface area (Å²) in [5.41, 5.74) is 1.79. The number of hydrogen-bond donors (Lipinski definition) is 4. The molecule has 4 N–H and O–H groups in total. The molecule has 21 heavy (non-hydrogen) atoms. The van der Waals surface area contributed by atoms with Crippen LogP contribution in [0.25, 0.3) is 0 Å². The SMILES string of the molecule is CC(NC(=O)NCc1cccc(C(=O)O)c1)c1cn[nH]c1. The van der Waals surface area contributed by atoms with Crippen LogP contribution in [0.15, 0.2) is 36.7 Å². The molecule has 0 aliphatic rings. The van der Waals surface area contributed by atoms with Crippen molar-refractivity contribution in [2.45, 2.75) is 19.5 Å². The zero-order valence-electron chi connectivity index (χ0n) is 11.5. The van der Waals surface area contributed by atoms with Crippen LogP contribution in [0.3, 0.4) is 0 Å². The summed E-state index contributed by atoms with van der Waals surface area (Å²) >= 11 is 0. The lowest BCUT2D eigenvalue weighted by Gasteiger charge is -2.13. The lowest BCUT2D eigenvalue weighted by Crippen LogP contribution is -2.36. The van der Waals surface area contributed by atoms with E-state index in [1.807, 2.05) is 6.92 Å². The summed E-state index contributed by atoms with van der Waals surface area (Å²) in [6.45, 7) is 2.10. The number of urea groups is 1. The molecule has 2 rings (SSSR count). The van der Waals surface area contributed by atoms with E-state index in [-0.39, 0.29) is 24.2 Å². The molecule has 1 unspecified atom stereocenters. The van der Waals surface area contributed by atoms with Crippen molar-refractivity contribution >= 4 is 12.0 Å². The van der Waals surface area contributed by atoms with Crippen LogP contribution in [0.4, 0.5) is 4.79 Å². The molecule has 2 aromatic rings. The van der Waals surface area contributed by atoms with Crippen molar-refractivity contribution in [3.63, 3.8) is 0 Å². The number of nitrogens with one attached hydrogen (secondary N) is 3. The summed E-state index contributed by atoms with van der Waals surface area (Å²) in [4.78, 5) is 22.6. The number of aromatic amines is 1. The number of carbonyl (C=O) groups excluding carboxylic acids is 1. The van der Waals surface area contributed by atoms with Crippen LogP contribution >= 0.6 is 0 Å². The van der Waals surface area contributed by atoms with Crippen molar-refractivity contribution in [1.29, 1.82) is 0 Å². The molecule has 1 aromatic heterocycles. The molecule has 0 fully saturated rings. The summed E-state index contributed by atoms with van der Waals surface area (Å²) in [6.07, 6.45) is 3.35. The van der Waals surface area contributed by atoms with Gasteiger partial charge in [-0.3, -0.25) is 5.10 Å². The zero-order chi connectivity index (χ0) is 15.2. The maximum atomic E-state index is 11.8. The fourth-order valence-corrected chi connectivity index (χ4v) is 1.83. The van der Waals surface area contributed by atoms with Gasteiger partial charge < -0.3 is 15.7 Å². The first-order valence-corrected chi connectivity index (χ1v) is 6.41. The third kappa shape index (κ3) is 4.07. The molecule has 1 aromatic carbocycles. The standard InChI is InChI=1S/C14H16N4O3/c1-9(12-7-16-17-8-12)18-14(21)15-6-10-3-2-4-11(5-10)13(19)20/h2-5,7-9H,6H2,1H3,(H,16,17)(H,19,20)(H2,15,18,21). The number of carboxylic acid groups (broad SMARTS) is 1. The Morgan fingerprint density at radius 2 is 2.24 bits per heavy atom. The number of aromatic carboxylic acids is 1. The largest absolute Gasteiger partial charge is 0.478 e. The molecule has 0 radical (unpaired) electrons. The van der Waals surface area contributed by atoms with E-state index in [0.29, 0.717) is 0 Å². The van der Waals surface area contributed by atoms with Gasteiger partial charge in [-0.1, -0.05) is 12.1 Å². The second kappa shape index (κ2) is 6.56. The van der Waals surface area contributed by atoms with Gasteiger partial charge in [0.2, 0.25) is 0 Å². The summed E-state index contributed by atoms with van der Waals surface area (Å²) in [6, 6.07) is 5.94. The lowest BCUT2D eigenvalue weighted by molar-refractivity contribution is 0.0696. The third-order valence-corrected chi connectivity index (χ3v) is 2.99. The fourth-order valence-electron chi connectivity index (χ4n) is 1.83. The Labute approximate surface area is 121 Å². The highest BCUT2D eigenvalue weighted by Gasteiger charge is 2.10. The van der Waals surface area contributed by atoms with Crippen molar-refractivity contribution in [1.82, 2.24) is 20.8 Å². The molecule has 7 nitrogen and oxygen atoms in total. The van der Waals surface area contributed by atoms with Gasteiger partial charge in [0, 0.05) is 18.3 Å². The van der Waals surface area contributed by atoms with Crippen LogP contribution in [-0.2, 0) is 6.54 Å². The summed E-state index contributed by atoms with van der Waals surface area (Å²) in [5, 5.41) is 20.8. The van der Waals surface area contributed by atoms with Gasteiger partial charge in [-0.25, -0.2) is 9.59 Å². The van der Waals surface area contributed by atoms with Gasteiger partial charge in [0.25, 0.3) is 0 Å². The van der Waals surface area contributed by atoms with Gasteiger partial charge in [-0.2, -0.15) is 5.10 Å². The fraction of sp³-hybridized carbons (Fsp3) is 0.214. The Kier molecular flexibility index (Phi) is 4.55. The predicted octanol–water partition coefficient (Wildman–Crippen LogP) is 1.67. The van der Waals surface area contributed by atoms with Crippen LogP contribution < -0.4 is 10.6 Å². The molecule has 0 aliphatic heterocycles. The van der Waals surface area contributed by atoms with E-state index in [2.05, 4.69) is 20.8 Å². The van der Waals surface area contributed by atoms with Gasteiger partial charge in [-0.15, -0.1) is 0 Å². The highest BCUT2D eigenvalue weighted by Crippen LogP contribution is 2.09. The number of benzene rings is 1. The number of aromatic nitrogens is 2. The van der Waals surface area contributed by atoms with E-state index >= 15 is 0 Å². The maximum Gasteiger partial charge on any atom is 0.335 e. The van der Waals surface area contributed by atoms with Crippen LogP contribution in [0.5, 0.6) is 0 Å². The summed E-state index contributed by atoms with van der Waals surface area (Å²) in [5.74, 6) is -0.991. The number of carboxylic acids is 1. The number of carbonyl (C=O) groups is 2. The quantitative estimate of drug-likeness (QED) is 0.671. The molecule has 7 heteroatoms. The highest BCUT2D eigenvalue weighted by molar-refractivity contribution is 5.87. The van der Waals surface area contributed by atoms with Crippen LogP contribution in [0, 0.1) is 0 Å². The Bertz CT molecular complexity index is 625. The molecule has 0 saturated carbocycles. The zero-order valence-corrected chi connectivity index (χ0v) is 11.5. The minimum atomic E-state index is -0.991. The molecular formula is C14H16N4O3. The molecule has 0 aliphatic carbocycles. The predicted molar refractivity (Wildman–Crippen MR) is 75.8 cm³/mol. The van der Waals surface area contributed by atoms with Gasteiger partial charge in [0.1, 0.15) is 0 Å². The Morgan fingerprint density at radius 1 is 1.43 bits per heavy atom. The second-order valence-electron chi connectivity index (χ2n) is 4.59. The monoisotopic (exact) mass is 288 g/mol. The minimum Gasteiger partial charge on any atom is -0.478 e. The van der Waals surface area contributed by atoms with Crippen molar-refractivity contribution in [2.75, 3.05) is 0 Å². The van der Waals surface area contributed by atoms with E-state index in [9.17, 15) is 9.59 Å². The average Bonchev–Trinajstić information content (AvgIpc) is 2.99. The Balaban J connectivity index is 1.86. The number of nitrogens with zero attached hydrogens (tertiary/aromatic N) is 1. The normalized spacial score (nSPS) is 11.7. The van der Waals surface area contributed by atoms with Gasteiger partial charge >= 0.3 is 12.0 Å². The third-order valence-electron chi connectivity index (χ3n) is 2.99. The van der Waals surface area contributed by atoms with Crippen molar-refractivity contribution in [3.05, 3.63) is 53.3 Å². The smallest absolute Gasteiger partial charge is 0.335 e. The molecular weight excluding hydrogens is 272 g/mol. The molecule has 110 valence electrons. The maximum absolute atomic E-state index is 11.8. The van der Waals surface area contributed by atoms with E-state index in [1.54, 1.807) is 24.5 Å². The minimum absolute atomic E-state index is 0.172. The van der Waals surface area contributed by atoms with Gasteiger partial charge in [0.15, 0.2) is 0 Å². The molecule has 1 heterocycles. The highest BCUT2D eigenvalue weighted by atomic mass is 16.4. The van der Waals surface area contributed by atoms with E-state index < -0.39 is 5.97 Å². The Hall–Kier alpha value is -2.83. The lowest BCUT2D eigenvalue weighted by atomic mass is 10.1. The molecule has 0 spiro atoms. The topological polar surface area (TPSA) is 107 Å². The van der Waals surface area contributed by atoms with Gasteiger partial charge in [-0.05, 0) is 24.6 Å². The van der Waals surface area contributed by atoms with Crippen LogP contribution in [0.2, 0.25) is 0 Å². The van der Waals surface area contributed by atoms with Gasteiger partial charge in [0.05, 0.1) is 17.8 Å². The van der Waals surface area contributed by atoms with Crippen LogP contribution in [0.1, 0.15) is 34.5 Å². The summed E-state index contributed by atoms with van der Waals surface area (Å²) in [7, 11) is 0. The van der Waals surface area contributed by atoms with E-state index in [0.717, 1.165) is 11.1 Å². The first kappa shape index (κ1) is 14.6. The van der Waals surface area contributed by atoms with Crippen molar-refractivity contribution in [2.24, 2.45) is 0 Å². The van der Waals surface area contributed by atoms with Crippen molar-refractivity contribution in [3.8, 4) is 0 Å². The number of amides is 2. The molecule has 0 bridgehead atoms. The molecule has 2 amide bonds. The number of hydrogen-bond acceptors (Lipinski definition) is 3. The number of rotatable bonds is 5.